The minimum Gasteiger partial charge on any atom is -0.491 e. The van der Waals surface area contributed by atoms with Crippen LogP contribution < -0.4 is 15.5 Å². The van der Waals surface area contributed by atoms with Crippen LogP contribution in [0.1, 0.15) is 33.1 Å². The van der Waals surface area contributed by atoms with Gasteiger partial charge >= 0.3 is 0 Å². The Hall–Kier alpha value is -2.88. The Bertz CT molecular complexity index is 1750. The van der Waals surface area contributed by atoms with E-state index in [1.165, 1.54) is 34.6 Å². The second kappa shape index (κ2) is 12.3. The molecule has 43 heavy (non-hydrogen) atoms. The molecule has 3 aromatic rings. The number of pyridine rings is 1. The first-order valence-electron chi connectivity index (χ1n) is 14.1. The topological polar surface area (TPSA) is 155 Å². The van der Waals surface area contributed by atoms with Crippen LogP contribution in [0.25, 0.3) is 10.9 Å². The van der Waals surface area contributed by atoms with Crippen molar-refractivity contribution in [1.82, 2.24) is 14.6 Å². The van der Waals surface area contributed by atoms with E-state index < -0.39 is 53.0 Å². The molecule has 2 aliphatic rings. The molecule has 0 radical (unpaired) electrons. The van der Waals surface area contributed by atoms with Gasteiger partial charge in [-0.25, -0.2) is 21.2 Å². The van der Waals surface area contributed by atoms with Gasteiger partial charge in [0, 0.05) is 37.3 Å². The third-order valence-electron chi connectivity index (χ3n) is 8.13. The van der Waals surface area contributed by atoms with Crippen LogP contribution in [0.3, 0.4) is 0 Å². The molecule has 2 fully saturated rings. The molecule has 2 unspecified atom stereocenters. The Morgan fingerprint density at radius 3 is 2.60 bits per heavy atom. The lowest BCUT2D eigenvalue weighted by Crippen LogP contribution is -2.47. The summed E-state index contributed by atoms with van der Waals surface area (Å²) in [5.74, 6) is -0.284. The number of aliphatic hydroxyl groups is 1. The molecule has 2 aromatic carbocycles. The van der Waals surface area contributed by atoms with Gasteiger partial charge in [-0.2, -0.15) is 4.31 Å². The molecular formula is C29H36FN3O8S2. The second-order valence-corrected chi connectivity index (χ2v) is 15.8. The summed E-state index contributed by atoms with van der Waals surface area (Å²) >= 11 is 0. The van der Waals surface area contributed by atoms with Gasteiger partial charge in [0.2, 0.25) is 15.5 Å². The predicted molar refractivity (Wildman–Crippen MR) is 158 cm³/mol. The molecule has 2 saturated heterocycles. The van der Waals surface area contributed by atoms with Crippen molar-refractivity contribution in [3.05, 3.63) is 64.7 Å². The highest BCUT2D eigenvalue weighted by Gasteiger charge is 2.45. The fraction of sp³-hybridized carbons (Fsp3) is 0.483. The van der Waals surface area contributed by atoms with Crippen molar-refractivity contribution in [2.24, 2.45) is 0 Å². The quantitative estimate of drug-likeness (QED) is 0.303. The molecule has 2 atom stereocenters. The third kappa shape index (κ3) is 6.49. The number of fused-ring (bicyclic) bond motifs is 1. The van der Waals surface area contributed by atoms with E-state index in [-0.39, 0.29) is 48.1 Å². The van der Waals surface area contributed by atoms with Gasteiger partial charge < -0.3 is 24.9 Å². The van der Waals surface area contributed by atoms with Crippen LogP contribution in [0.2, 0.25) is 0 Å². The summed E-state index contributed by atoms with van der Waals surface area (Å²) in [6.07, 6.45) is 1.69. The number of H-pyrrole nitrogens is 1. The number of ether oxygens (including phenoxy) is 2. The molecule has 0 bridgehead atoms. The summed E-state index contributed by atoms with van der Waals surface area (Å²) in [6.45, 7) is 4.13. The number of hydrogen-bond acceptors (Lipinski definition) is 9. The van der Waals surface area contributed by atoms with Crippen molar-refractivity contribution in [2.45, 2.75) is 65.9 Å². The number of halogens is 1. The van der Waals surface area contributed by atoms with Gasteiger partial charge in [-0.3, -0.25) is 4.79 Å². The number of sulfonamides is 1. The van der Waals surface area contributed by atoms with Crippen LogP contribution >= 0.6 is 0 Å². The molecule has 1 aromatic heterocycles. The summed E-state index contributed by atoms with van der Waals surface area (Å²) in [5, 5.41) is 13.1. The first-order chi connectivity index (χ1) is 20.3. The van der Waals surface area contributed by atoms with Crippen molar-refractivity contribution in [1.29, 1.82) is 0 Å². The van der Waals surface area contributed by atoms with Crippen molar-refractivity contribution in [3.8, 4) is 5.75 Å². The van der Waals surface area contributed by atoms with E-state index in [2.05, 4.69) is 10.3 Å². The summed E-state index contributed by atoms with van der Waals surface area (Å²) in [4.78, 5) is 15.3. The van der Waals surface area contributed by atoms with E-state index in [0.29, 0.717) is 31.6 Å². The minimum atomic E-state index is -4.11. The lowest BCUT2D eigenvalue weighted by atomic mass is 9.88. The molecule has 0 amide bonds. The molecule has 234 valence electrons. The Labute approximate surface area is 250 Å². The number of sulfone groups is 1. The second-order valence-electron chi connectivity index (χ2n) is 11.4. The van der Waals surface area contributed by atoms with E-state index in [1.54, 1.807) is 26.0 Å². The first-order valence-corrected chi connectivity index (χ1v) is 17.1. The monoisotopic (exact) mass is 637 g/mol. The van der Waals surface area contributed by atoms with Gasteiger partial charge in [0.25, 0.3) is 0 Å². The van der Waals surface area contributed by atoms with Gasteiger partial charge in [0.05, 0.1) is 27.9 Å². The summed E-state index contributed by atoms with van der Waals surface area (Å²) < 4.78 is 78.6. The zero-order valence-corrected chi connectivity index (χ0v) is 25.6. The van der Waals surface area contributed by atoms with E-state index >= 15 is 0 Å². The van der Waals surface area contributed by atoms with Crippen molar-refractivity contribution in [3.63, 3.8) is 0 Å². The Morgan fingerprint density at radius 1 is 1.16 bits per heavy atom. The maximum absolute atomic E-state index is 14.0. The smallest absolute Gasteiger partial charge is 0.248 e. The van der Waals surface area contributed by atoms with E-state index in [4.69, 9.17) is 9.47 Å². The maximum Gasteiger partial charge on any atom is 0.248 e. The zero-order valence-electron chi connectivity index (χ0n) is 24.0. The molecule has 3 heterocycles. The molecule has 1 spiro atoms. The van der Waals surface area contributed by atoms with Crippen molar-refractivity contribution < 1.29 is 35.8 Å². The average molecular weight is 638 g/mol. The molecule has 0 saturated carbocycles. The van der Waals surface area contributed by atoms with Crippen molar-refractivity contribution in [2.75, 3.05) is 32.8 Å². The third-order valence-corrected chi connectivity index (χ3v) is 12.2. The molecule has 0 aliphatic carbocycles. The van der Waals surface area contributed by atoms with Gasteiger partial charge in [0.1, 0.15) is 29.2 Å². The number of aromatic nitrogens is 1. The summed E-state index contributed by atoms with van der Waals surface area (Å²) in [6, 6.07) is 10.1. The highest BCUT2D eigenvalue weighted by molar-refractivity contribution is 7.92. The number of nitrogens with zero attached hydrogens (tertiary/aromatic N) is 1. The predicted octanol–water partition coefficient (Wildman–Crippen LogP) is 2.19. The Morgan fingerprint density at radius 2 is 1.88 bits per heavy atom. The highest BCUT2D eigenvalue weighted by atomic mass is 32.2. The summed E-state index contributed by atoms with van der Waals surface area (Å²) in [7, 11) is -7.55. The largest absolute Gasteiger partial charge is 0.491 e. The van der Waals surface area contributed by atoms with Crippen LogP contribution in [0.15, 0.2) is 63.2 Å². The summed E-state index contributed by atoms with van der Waals surface area (Å²) in [5.41, 5.74) is -1.30. The van der Waals surface area contributed by atoms with Gasteiger partial charge in [-0.1, -0.05) is 12.1 Å². The fourth-order valence-corrected chi connectivity index (χ4v) is 8.14. The Balaban J connectivity index is 1.12. The molecule has 3 N–H and O–H groups in total. The van der Waals surface area contributed by atoms with E-state index in [1.807, 2.05) is 0 Å². The number of hydrogen-bond donors (Lipinski definition) is 3. The van der Waals surface area contributed by atoms with E-state index in [9.17, 15) is 31.1 Å². The van der Waals surface area contributed by atoms with Crippen LogP contribution in [0.5, 0.6) is 5.75 Å². The molecule has 14 heteroatoms. The Kier molecular flexibility index (Phi) is 8.99. The van der Waals surface area contributed by atoms with Crippen LogP contribution in [0, 0.1) is 5.82 Å². The van der Waals surface area contributed by atoms with Gasteiger partial charge in [-0.15, -0.1) is 0 Å². The maximum atomic E-state index is 14.0. The van der Waals surface area contributed by atoms with Crippen molar-refractivity contribution >= 4 is 30.8 Å². The van der Waals surface area contributed by atoms with Crippen LogP contribution in [-0.4, -0.2) is 87.1 Å². The van der Waals surface area contributed by atoms with Crippen LogP contribution in [0.4, 0.5) is 4.39 Å². The standard InChI is InChI=1S/C29H36FN3O8S2/c1-19(2)42(36,37)23-6-3-5-22(13-23)40-18-21(34)15-31-20-14-29(41-17-20)9-11-33(12-10-29)43(38,39)26-16-32-27-24(28(26)35)7-4-8-25(27)30/h3-8,13,16,19-21,31,34H,9-12,14-15,17-18H2,1-2H3,(H,32,35). The number of aliphatic hydroxyl groups excluding tert-OH is 1. The molecule has 11 nitrogen and oxygen atoms in total. The normalized spacial score (nSPS) is 20.2. The van der Waals surface area contributed by atoms with Crippen LogP contribution in [-0.2, 0) is 24.6 Å². The van der Waals surface area contributed by atoms with Gasteiger partial charge in [-0.05, 0) is 63.4 Å². The van der Waals surface area contributed by atoms with E-state index in [0.717, 1.165) is 6.20 Å². The average Bonchev–Trinajstić information content (AvgIpc) is 3.37. The lowest BCUT2D eigenvalue weighted by Gasteiger charge is -2.37. The molecule has 5 rings (SSSR count). The molecule has 2 aliphatic heterocycles. The number of aromatic amines is 1. The molecular weight excluding hydrogens is 601 g/mol. The number of para-hydroxylation sites is 1. The number of benzene rings is 2. The number of piperidine rings is 1. The minimum absolute atomic E-state index is 0.0252. The first kappa shape index (κ1) is 31.5. The SMILES string of the molecule is CC(C)S(=O)(=O)c1cccc(OCC(O)CNC2COC3(CCN(S(=O)(=O)c4c[nH]c5c(F)cccc5c4=O)CC3)C2)c1. The number of rotatable bonds is 10. The highest BCUT2D eigenvalue weighted by Crippen LogP contribution is 2.37. The van der Waals surface area contributed by atoms with Gasteiger partial charge in [0.15, 0.2) is 9.84 Å². The lowest BCUT2D eigenvalue weighted by molar-refractivity contribution is -0.0312. The number of nitrogens with one attached hydrogen (secondary N) is 2. The fourth-order valence-electron chi connectivity index (χ4n) is 5.55. The zero-order chi connectivity index (χ0) is 31.0.